The molecule has 0 fully saturated rings. The van der Waals surface area contributed by atoms with Crippen LogP contribution in [-0.2, 0) is 6.42 Å². The maximum atomic E-state index is 7.45. The molecule has 1 rings (SSSR count). The molecular weight excluding hydrogens is 146 g/mol. The Morgan fingerprint density at radius 2 is 1.92 bits per heavy atom. The van der Waals surface area contributed by atoms with Gasteiger partial charge in [0.25, 0.3) is 0 Å². The lowest BCUT2D eigenvalue weighted by molar-refractivity contribution is 0.758. The molecule has 0 unspecified atom stereocenters. The number of hydrogen-bond acceptors (Lipinski definition) is 1. The number of benzene rings is 1. The molecule has 12 heavy (non-hydrogen) atoms. The molecule has 0 aromatic heterocycles. The summed E-state index contributed by atoms with van der Waals surface area (Å²) in [6, 6.07) is 10.3. The van der Waals surface area contributed by atoms with E-state index in [-0.39, 0.29) is 0 Å². The first-order valence-electron chi connectivity index (χ1n) is 4.29. The molecule has 0 aliphatic rings. The van der Waals surface area contributed by atoms with Crippen LogP contribution in [0.5, 0.6) is 0 Å². The molecule has 1 heteroatoms. The zero-order valence-electron chi connectivity index (χ0n) is 7.67. The van der Waals surface area contributed by atoms with E-state index in [1.165, 1.54) is 5.56 Å². The molecule has 1 aromatic carbocycles. The second-order valence-electron chi connectivity index (χ2n) is 3.27. The lowest BCUT2D eigenvalue weighted by Gasteiger charge is -2.08. The summed E-state index contributed by atoms with van der Waals surface area (Å²) in [5, 5.41) is 7.45. The molecule has 0 aliphatic heterocycles. The molecule has 1 nitrogen and oxygen atoms in total. The topological polar surface area (TPSA) is 23.9 Å². The first-order chi connectivity index (χ1) is 5.70. The van der Waals surface area contributed by atoms with Crippen molar-refractivity contribution < 1.29 is 0 Å². The van der Waals surface area contributed by atoms with Crippen LogP contribution in [0, 0.1) is 11.3 Å². The highest BCUT2D eigenvalue weighted by atomic mass is 14.4. The largest absolute Gasteiger partial charge is 0.310 e. The molecule has 0 saturated carbocycles. The zero-order valence-corrected chi connectivity index (χ0v) is 7.67. The van der Waals surface area contributed by atoms with E-state index >= 15 is 0 Å². The van der Waals surface area contributed by atoms with Crippen molar-refractivity contribution in [1.82, 2.24) is 0 Å². The predicted molar refractivity (Wildman–Crippen MR) is 52.7 cm³/mol. The van der Waals surface area contributed by atoms with E-state index in [1.807, 2.05) is 25.1 Å². The van der Waals surface area contributed by atoms with Gasteiger partial charge >= 0.3 is 0 Å². The van der Waals surface area contributed by atoms with Crippen LogP contribution in [0.25, 0.3) is 0 Å². The summed E-state index contributed by atoms with van der Waals surface area (Å²) in [4.78, 5) is 0. The monoisotopic (exact) mass is 161 g/mol. The fourth-order valence-corrected chi connectivity index (χ4v) is 1.12. The van der Waals surface area contributed by atoms with Crippen molar-refractivity contribution in [3.05, 3.63) is 35.9 Å². The second-order valence-corrected chi connectivity index (χ2v) is 3.27. The standard InChI is InChI=1S/C11H15N/c1-9(10(2)12)8-11-6-4-3-5-7-11/h3-7,9,12H,8H2,1-2H3/t9-/m1/s1. The van der Waals surface area contributed by atoms with E-state index in [1.54, 1.807) is 0 Å². The Kier molecular flexibility index (Phi) is 3.03. The van der Waals surface area contributed by atoms with Crippen molar-refractivity contribution in [2.24, 2.45) is 5.92 Å². The minimum Gasteiger partial charge on any atom is -0.310 e. The van der Waals surface area contributed by atoms with Gasteiger partial charge in [0.15, 0.2) is 0 Å². The van der Waals surface area contributed by atoms with Crippen molar-refractivity contribution >= 4 is 5.71 Å². The molecule has 1 atom stereocenters. The van der Waals surface area contributed by atoms with Crippen molar-refractivity contribution in [2.45, 2.75) is 20.3 Å². The quantitative estimate of drug-likeness (QED) is 0.659. The first kappa shape index (κ1) is 8.98. The van der Waals surface area contributed by atoms with Crippen molar-refractivity contribution in [2.75, 3.05) is 0 Å². The maximum Gasteiger partial charge on any atom is 0.00896 e. The summed E-state index contributed by atoms with van der Waals surface area (Å²) < 4.78 is 0. The van der Waals surface area contributed by atoms with Gasteiger partial charge in [0.05, 0.1) is 0 Å². The van der Waals surface area contributed by atoms with Gasteiger partial charge in [0.1, 0.15) is 0 Å². The lowest BCUT2D eigenvalue weighted by Crippen LogP contribution is -2.08. The molecule has 64 valence electrons. The average Bonchev–Trinajstić information content (AvgIpc) is 2.06. The highest BCUT2D eigenvalue weighted by molar-refractivity contribution is 5.81. The predicted octanol–water partition coefficient (Wildman–Crippen LogP) is 2.90. The van der Waals surface area contributed by atoms with Crippen LogP contribution in [0.3, 0.4) is 0 Å². The van der Waals surface area contributed by atoms with Crippen LogP contribution >= 0.6 is 0 Å². The minimum atomic E-state index is 0.368. The number of rotatable bonds is 3. The molecule has 0 heterocycles. The Bertz CT molecular complexity index is 251. The lowest BCUT2D eigenvalue weighted by atomic mass is 9.98. The van der Waals surface area contributed by atoms with Crippen molar-refractivity contribution in [3.63, 3.8) is 0 Å². The fourth-order valence-electron chi connectivity index (χ4n) is 1.12. The van der Waals surface area contributed by atoms with E-state index in [4.69, 9.17) is 5.41 Å². The average molecular weight is 161 g/mol. The molecule has 0 saturated heterocycles. The van der Waals surface area contributed by atoms with Gasteiger partial charge in [-0.2, -0.15) is 0 Å². The van der Waals surface area contributed by atoms with Gasteiger partial charge in [-0.25, -0.2) is 0 Å². The Balaban J connectivity index is 2.58. The third kappa shape index (κ3) is 2.50. The fraction of sp³-hybridized carbons (Fsp3) is 0.364. The molecule has 0 spiro atoms. The molecular formula is C11H15N. The molecule has 0 bridgehead atoms. The van der Waals surface area contributed by atoms with E-state index < -0.39 is 0 Å². The van der Waals surface area contributed by atoms with Crippen molar-refractivity contribution in [1.29, 1.82) is 5.41 Å². The van der Waals surface area contributed by atoms with Gasteiger partial charge in [-0.3, -0.25) is 0 Å². The van der Waals surface area contributed by atoms with E-state index in [0.29, 0.717) is 5.92 Å². The minimum absolute atomic E-state index is 0.368. The second kappa shape index (κ2) is 4.05. The molecule has 0 aliphatic carbocycles. The third-order valence-corrected chi connectivity index (χ3v) is 2.12. The Labute approximate surface area is 73.9 Å². The highest BCUT2D eigenvalue weighted by Gasteiger charge is 2.04. The Morgan fingerprint density at radius 3 is 2.42 bits per heavy atom. The van der Waals surface area contributed by atoms with Crippen LogP contribution in [0.2, 0.25) is 0 Å². The van der Waals surface area contributed by atoms with E-state index in [2.05, 4.69) is 19.1 Å². The zero-order chi connectivity index (χ0) is 8.97. The van der Waals surface area contributed by atoms with E-state index in [9.17, 15) is 0 Å². The summed E-state index contributed by atoms with van der Waals surface area (Å²) in [5.41, 5.74) is 2.08. The number of hydrogen-bond donors (Lipinski definition) is 1. The summed E-state index contributed by atoms with van der Waals surface area (Å²) in [7, 11) is 0. The number of nitrogens with one attached hydrogen (secondary N) is 1. The smallest absolute Gasteiger partial charge is 0.00896 e. The summed E-state index contributed by atoms with van der Waals surface area (Å²) in [6.45, 7) is 3.96. The summed E-state index contributed by atoms with van der Waals surface area (Å²) >= 11 is 0. The highest BCUT2D eigenvalue weighted by Crippen LogP contribution is 2.08. The van der Waals surface area contributed by atoms with Crippen LogP contribution < -0.4 is 0 Å². The Hall–Kier alpha value is -1.11. The van der Waals surface area contributed by atoms with E-state index in [0.717, 1.165) is 12.1 Å². The first-order valence-corrected chi connectivity index (χ1v) is 4.29. The molecule has 0 amide bonds. The van der Waals surface area contributed by atoms with Gasteiger partial charge in [-0.05, 0) is 24.8 Å². The van der Waals surface area contributed by atoms with Crippen LogP contribution in [0.1, 0.15) is 19.4 Å². The van der Waals surface area contributed by atoms with Gasteiger partial charge in [0.2, 0.25) is 0 Å². The SMILES string of the molecule is CC(=N)[C@H](C)Cc1ccccc1. The molecule has 1 aromatic rings. The van der Waals surface area contributed by atoms with Gasteiger partial charge < -0.3 is 5.41 Å². The van der Waals surface area contributed by atoms with Gasteiger partial charge in [0, 0.05) is 5.71 Å². The van der Waals surface area contributed by atoms with Gasteiger partial charge in [-0.15, -0.1) is 0 Å². The summed E-state index contributed by atoms with van der Waals surface area (Å²) in [5.74, 6) is 0.368. The van der Waals surface area contributed by atoms with Crippen LogP contribution in [-0.4, -0.2) is 5.71 Å². The van der Waals surface area contributed by atoms with Crippen LogP contribution in [0.15, 0.2) is 30.3 Å². The maximum absolute atomic E-state index is 7.45. The molecule has 1 N–H and O–H groups in total. The van der Waals surface area contributed by atoms with Crippen LogP contribution in [0.4, 0.5) is 0 Å². The molecule has 0 radical (unpaired) electrons. The summed E-state index contributed by atoms with van der Waals surface area (Å²) in [6.07, 6.45) is 0.982. The normalized spacial score (nSPS) is 12.5. The van der Waals surface area contributed by atoms with Gasteiger partial charge in [-0.1, -0.05) is 37.3 Å². The van der Waals surface area contributed by atoms with Crippen molar-refractivity contribution in [3.8, 4) is 0 Å². The Morgan fingerprint density at radius 1 is 1.33 bits per heavy atom. The third-order valence-electron chi connectivity index (χ3n) is 2.12.